The number of benzene rings is 4. The fourth-order valence-electron chi connectivity index (χ4n) is 3.97. The second kappa shape index (κ2) is 19.5. The fourth-order valence-corrected chi connectivity index (χ4v) is 3.97. The van der Waals surface area contributed by atoms with Gasteiger partial charge in [-0.3, -0.25) is 20.2 Å². The van der Waals surface area contributed by atoms with Gasteiger partial charge in [-0.05, 0) is 62.1 Å². The molecule has 0 aliphatic rings. The minimum absolute atomic E-state index is 0.111. The zero-order valence-electron chi connectivity index (χ0n) is 27.9. The van der Waals surface area contributed by atoms with Crippen LogP contribution in [0.5, 0.6) is 11.5 Å². The molecule has 0 aliphatic carbocycles. The van der Waals surface area contributed by atoms with E-state index in [4.69, 9.17) is 59.0 Å². The van der Waals surface area contributed by atoms with Crippen LogP contribution in [-0.4, -0.2) is 24.1 Å². The van der Waals surface area contributed by atoms with E-state index >= 15 is 0 Å². The molecule has 0 spiro atoms. The maximum atomic E-state index is 11.1. The van der Waals surface area contributed by atoms with Crippen molar-refractivity contribution in [2.45, 2.75) is 27.7 Å². The van der Waals surface area contributed by atoms with Crippen LogP contribution < -0.4 is 9.47 Å². The summed E-state index contributed by atoms with van der Waals surface area (Å²) >= 11 is 0. The Balaban J connectivity index is 0.000000312. The van der Waals surface area contributed by atoms with Crippen LogP contribution in [0.4, 0.5) is 45.5 Å². The second-order valence-electron chi connectivity index (χ2n) is 10.3. The number of rotatable bonds is 8. The van der Waals surface area contributed by atoms with Gasteiger partial charge in [-0.2, -0.15) is 0 Å². The van der Waals surface area contributed by atoms with Gasteiger partial charge >= 0.3 is 61.0 Å². The predicted molar refractivity (Wildman–Crippen MR) is 192 cm³/mol. The Morgan fingerprint density at radius 1 is 0.608 bits per heavy atom. The van der Waals surface area contributed by atoms with Gasteiger partial charge in [-0.15, -0.1) is 20.5 Å². The van der Waals surface area contributed by atoms with E-state index in [1.165, 1.54) is 26.4 Å². The quantitative estimate of drug-likeness (QED) is 0.0546. The molecule has 0 aliphatic heterocycles. The summed E-state index contributed by atoms with van der Waals surface area (Å²) in [6.07, 6.45) is 0. The van der Waals surface area contributed by atoms with Gasteiger partial charge in [0.1, 0.15) is 0 Å². The standard InChI is InChI=1S/2C15H14N5O3.4ClH.Zn/c2*1-9-4-5-11(14(6-9)20(21)22)18-19-12-8-15(23-3)13(17-16)7-10(12)2;;;;;/h2*4-8H,1-3H3;4*1H;/q2*+1;;;;;+2/p-4/b2*19-18+;;;;;. The van der Waals surface area contributed by atoms with E-state index in [2.05, 4.69) is 30.4 Å². The Morgan fingerprint density at radius 3 is 1.20 bits per heavy atom. The summed E-state index contributed by atoms with van der Waals surface area (Å²) in [4.78, 5) is 27.4. The van der Waals surface area contributed by atoms with Crippen molar-refractivity contribution in [3.8, 4) is 11.5 Å². The van der Waals surface area contributed by atoms with Crippen LogP contribution >= 0.6 is 38.8 Å². The molecule has 0 radical (unpaired) electrons. The van der Waals surface area contributed by atoms with Crippen molar-refractivity contribution in [3.63, 3.8) is 0 Å². The summed E-state index contributed by atoms with van der Waals surface area (Å²) in [6, 6.07) is 15.7. The van der Waals surface area contributed by atoms with Gasteiger partial charge in [0.2, 0.25) is 22.3 Å². The normalized spacial score (nSPS) is 10.7. The average Bonchev–Trinajstić information content (AvgIpc) is 3.07. The van der Waals surface area contributed by atoms with Crippen molar-refractivity contribution >= 4 is 84.3 Å². The second-order valence-corrected chi connectivity index (χ2v) is 38.1. The number of methoxy groups -OCH3 is 2. The molecule has 0 saturated heterocycles. The third kappa shape index (κ3) is 13.4. The van der Waals surface area contributed by atoms with Crippen LogP contribution in [0.15, 0.2) is 81.1 Å². The monoisotopic (exact) mass is 828 g/mol. The molecule has 0 amide bonds. The zero-order chi connectivity index (χ0) is 38.5. The van der Waals surface area contributed by atoms with E-state index in [0.717, 1.165) is 11.1 Å². The van der Waals surface area contributed by atoms with Gasteiger partial charge < -0.3 is 9.47 Å². The summed E-state index contributed by atoms with van der Waals surface area (Å²) in [5.41, 5.74) is 4.48. The number of aryl methyl sites for hydroxylation is 4. The number of hydrogen-bond donors (Lipinski definition) is 0. The van der Waals surface area contributed by atoms with Gasteiger partial charge in [-0.25, -0.2) is 0 Å². The number of diazo groups is 2. The van der Waals surface area contributed by atoms with E-state index in [1.807, 2.05) is 0 Å². The number of halogens is 4. The van der Waals surface area contributed by atoms with E-state index in [0.29, 0.717) is 34.0 Å². The van der Waals surface area contributed by atoms with Crippen LogP contribution in [0.25, 0.3) is 9.95 Å². The van der Waals surface area contributed by atoms with Crippen LogP contribution in [0.3, 0.4) is 0 Å². The van der Waals surface area contributed by atoms with Crippen LogP contribution in [0.2, 0.25) is 0 Å². The Morgan fingerprint density at radius 2 is 0.922 bits per heavy atom. The van der Waals surface area contributed by atoms with E-state index in [1.54, 1.807) is 76.2 Å². The van der Waals surface area contributed by atoms with Gasteiger partial charge in [-0.1, -0.05) is 12.1 Å². The average molecular weight is 832 g/mol. The molecule has 0 unspecified atom stereocenters. The van der Waals surface area contributed by atoms with Crippen molar-refractivity contribution in [2.24, 2.45) is 20.5 Å². The van der Waals surface area contributed by atoms with E-state index in [-0.39, 0.29) is 34.1 Å². The zero-order valence-corrected chi connectivity index (χ0v) is 33.9. The molecule has 21 heteroatoms. The summed E-state index contributed by atoms with van der Waals surface area (Å²) in [5, 5.41) is 56.0. The van der Waals surface area contributed by atoms with Crippen LogP contribution in [0.1, 0.15) is 22.3 Å². The van der Waals surface area contributed by atoms with Gasteiger partial charge in [0, 0.05) is 36.4 Å². The van der Waals surface area contributed by atoms with Gasteiger partial charge in [0.15, 0.2) is 21.3 Å². The van der Waals surface area contributed by atoms with Crippen molar-refractivity contribution in [2.75, 3.05) is 14.2 Å². The molecule has 0 heterocycles. The SMILES string of the molecule is COc1cc(/N=N/c2ccc(C)cc2[N+](=O)[O-])c(C)cc1[N+]#N.COc1cc(/N=N/c2ccc(C)cc2[N+](=O)[O-])c(C)cc1[N+]#N.[Cl][Zn-2]([Cl])([Cl])[Cl]. The van der Waals surface area contributed by atoms with Crippen molar-refractivity contribution < 1.29 is 30.1 Å². The molecular formula is C30H28Cl4N10O6Zn. The van der Waals surface area contributed by atoms with E-state index in [9.17, 15) is 20.2 Å². The Labute approximate surface area is 310 Å². The Bertz CT molecular complexity index is 1940. The molecule has 0 aromatic heterocycles. The third-order valence-corrected chi connectivity index (χ3v) is 6.40. The van der Waals surface area contributed by atoms with Crippen molar-refractivity contribution in [1.82, 2.24) is 0 Å². The molecule has 0 bridgehead atoms. The molecule has 264 valence electrons. The van der Waals surface area contributed by atoms with Crippen molar-refractivity contribution in [1.29, 1.82) is 10.8 Å². The molecular weight excluding hydrogens is 804 g/mol. The summed E-state index contributed by atoms with van der Waals surface area (Å²) in [5.74, 6) is 0.649. The van der Waals surface area contributed by atoms with Crippen LogP contribution in [0, 0.1) is 58.7 Å². The van der Waals surface area contributed by atoms with Gasteiger partial charge in [0.25, 0.3) is 11.4 Å². The fraction of sp³-hybridized carbons (Fsp3) is 0.200. The molecule has 4 rings (SSSR count). The van der Waals surface area contributed by atoms with Crippen molar-refractivity contribution in [3.05, 3.63) is 113 Å². The molecule has 0 saturated carbocycles. The maximum absolute atomic E-state index is 11.1. The number of nitro groups is 2. The molecule has 0 N–H and O–H groups in total. The topological polar surface area (TPSA) is 210 Å². The first-order chi connectivity index (χ1) is 23.9. The summed E-state index contributed by atoms with van der Waals surface area (Å²) < 4.78 is 10.2. The Hall–Kier alpha value is -4.90. The number of nitro benzene ring substituents is 2. The molecule has 0 fully saturated rings. The molecule has 16 nitrogen and oxygen atoms in total. The number of hydrogen-bond acceptors (Lipinski definition) is 12. The van der Waals surface area contributed by atoms with Crippen LogP contribution in [-0.2, 0) is 10.8 Å². The summed E-state index contributed by atoms with van der Waals surface area (Å²) in [7, 11) is 19.7. The predicted octanol–water partition coefficient (Wildman–Crippen LogP) is 13.0. The molecule has 51 heavy (non-hydrogen) atoms. The molecule has 0 atom stereocenters. The first-order valence-electron chi connectivity index (χ1n) is 14.4. The molecule has 4 aromatic carbocycles. The number of azo groups is 2. The number of ether oxygens (including phenoxy) is 2. The van der Waals surface area contributed by atoms with E-state index < -0.39 is 20.7 Å². The number of nitrogens with zero attached hydrogens (tertiary/aromatic N) is 10. The molecule has 4 aromatic rings. The Kier molecular flexibility index (Phi) is 16.1. The van der Waals surface area contributed by atoms with Gasteiger partial charge in [0.05, 0.1) is 35.4 Å². The first kappa shape index (κ1) is 42.3. The summed E-state index contributed by atoms with van der Waals surface area (Å²) in [6.45, 7) is 7.04. The third-order valence-electron chi connectivity index (χ3n) is 6.40. The first-order valence-corrected chi connectivity index (χ1v) is 30.0. The minimum atomic E-state index is -3.36.